The van der Waals surface area contributed by atoms with Crippen molar-refractivity contribution in [3.8, 4) is 11.5 Å². The fraction of sp³-hybridized carbons (Fsp3) is 0.471. The lowest BCUT2D eigenvalue weighted by Gasteiger charge is -2.13. The molecular weight excluding hydrogens is 340 g/mol. The quantitative estimate of drug-likeness (QED) is 0.763. The van der Waals surface area contributed by atoms with E-state index in [9.17, 15) is 4.79 Å². The minimum Gasteiger partial charge on any atom is -0.493 e. The van der Waals surface area contributed by atoms with Gasteiger partial charge < -0.3 is 19.4 Å². The number of carbonyl (C=O) groups excluding carboxylic acids is 1. The maximum atomic E-state index is 12.5. The number of carbonyl (C=O) groups is 1. The summed E-state index contributed by atoms with van der Waals surface area (Å²) in [6, 6.07) is 5.28. The van der Waals surface area contributed by atoms with Crippen LogP contribution in [0.3, 0.4) is 0 Å². The molecule has 0 unspecified atom stereocenters. The number of amides is 1. The van der Waals surface area contributed by atoms with Gasteiger partial charge >= 0.3 is 0 Å². The highest BCUT2D eigenvalue weighted by Crippen LogP contribution is 2.39. The van der Waals surface area contributed by atoms with E-state index in [0.717, 1.165) is 11.0 Å². The Hall–Kier alpha value is -2.22. The molecule has 8 heteroatoms. The molecule has 0 aliphatic heterocycles. The van der Waals surface area contributed by atoms with Gasteiger partial charge in [-0.2, -0.15) is 0 Å². The molecule has 25 heavy (non-hydrogen) atoms. The molecule has 0 saturated heterocycles. The van der Waals surface area contributed by atoms with Crippen LogP contribution in [0.4, 0.5) is 5.69 Å². The first-order valence-corrected chi connectivity index (χ1v) is 9.00. The van der Waals surface area contributed by atoms with Crippen molar-refractivity contribution in [1.82, 2.24) is 14.8 Å². The summed E-state index contributed by atoms with van der Waals surface area (Å²) in [6.07, 6.45) is 2.35. The third kappa shape index (κ3) is 3.89. The van der Waals surface area contributed by atoms with Gasteiger partial charge in [-0.1, -0.05) is 11.8 Å². The smallest absolute Gasteiger partial charge is 0.237 e. The van der Waals surface area contributed by atoms with Crippen LogP contribution in [0, 0.1) is 0 Å². The molecule has 7 nitrogen and oxygen atoms in total. The van der Waals surface area contributed by atoms with E-state index in [0.29, 0.717) is 23.1 Å². The Labute approximate surface area is 151 Å². The number of nitrogens with zero attached hydrogens (tertiary/aromatic N) is 3. The lowest BCUT2D eigenvalue weighted by Crippen LogP contribution is -2.22. The van der Waals surface area contributed by atoms with E-state index in [1.807, 2.05) is 18.5 Å². The number of hydrogen-bond donors (Lipinski definition) is 1. The van der Waals surface area contributed by atoms with E-state index in [2.05, 4.69) is 15.5 Å². The van der Waals surface area contributed by atoms with Gasteiger partial charge in [0.15, 0.2) is 16.7 Å². The third-order valence-electron chi connectivity index (χ3n) is 4.11. The summed E-state index contributed by atoms with van der Waals surface area (Å²) in [4.78, 5) is 12.5. The van der Waals surface area contributed by atoms with Crippen molar-refractivity contribution in [1.29, 1.82) is 0 Å². The molecule has 0 spiro atoms. The number of nitrogens with one attached hydrogen (secondary N) is 1. The first-order valence-electron chi connectivity index (χ1n) is 8.12. The van der Waals surface area contributed by atoms with Crippen molar-refractivity contribution in [3.63, 3.8) is 0 Å². The highest BCUT2D eigenvalue weighted by atomic mass is 32.2. The molecular formula is C17H22N4O3S. The van der Waals surface area contributed by atoms with Gasteiger partial charge in [0.05, 0.1) is 19.5 Å². The van der Waals surface area contributed by atoms with Gasteiger partial charge in [0, 0.05) is 24.7 Å². The zero-order valence-electron chi connectivity index (χ0n) is 14.8. The van der Waals surface area contributed by atoms with E-state index in [4.69, 9.17) is 9.47 Å². The number of thioether (sulfide) groups is 1. The minimum absolute atomic E-state index is 0.104. The number of hydrogen-bond acceptors (Lipinski definition) is 6. The first kappa shape index (κ1) is 17.6. The normalized spacial score (nSPS) is 14.9. The molecule has 1 saturated carbocycles. The Balaban J connectivity index is 1.64. The van der Waals surface area contributed by atoms with Gasteiger partial charge in [-0.15, -0.1) is 10.2 Å². The van der Waals surface area contributed by atoms with Crippen LogP contribution in [0.25, 0.3) is 0 Å². The van der Waals surface area contributed by atoms with Crippen LogP contribution < -0.4 is 14.8 Å². The highest BCUT2D eigenvalue weighted by molar-refractivity contribution is 8.00. The highest BCUT2D eigenvalue weighted by Gasteiger charge is 2.30. The van der Waals surface area contributed by atoms with Gasteiger partial charge in [-0.25, -0.2) is 0 Å². The molecule has 1 atom stereocenters. The molecule has 134 valence electrons. The van der Waals surface area contributed by atoms with Crippen molar-refractivity contribution < 1.29 is 14.3 Å². The molecule has 1 aliphatic carbocycles. The van der Waals surface area contributed by atoms with Crippen molar-refractivity contribution in [2.45, 2.75) is 36.1 Å². The van der Waals surface area contributed by atoms with E-state index in [-0.39, 0.29) is 11.2 Å². The van der Waals surface area contributed by atoms with Gasteiger partial charge in [-0.3, -0.25) is 4.79 Å². The van der Waals surface area contributed by atoms with Gasteiger partial charge in [0.2, 0.25) is 5.91 Å². The van der Waals surface area contributed by atoms with E-state index >= 15 is 0 Å². The first-order chi connectivity index (χ1) is 12.0. The predicted octanol–water partition coefficient (Wildman–Crippen LogP) is 2.83. The van der Waals surface area contributed by atoms with Gasteiger partial charge in [0.25, 0.3) is 0 Å². The second-order valence-electron chi connectivity index (χ2n) is 5.99. The van der Waals surface area contributed by atoms with Gasteiger partial charge in [0.1, 0.15) is 5.82 Å². The van der Waals surface area contributed by atoms with E-state index < -0.39 is 0 Å². The topological polar surface area (TPSA) is 78.3 Å². The Morgan fingerprint density at radius 1 is 1.28 bits per heavy atom. The molecule has 1 aromatic heterocycles. The lowest BCUT2D eigenvalue weighted by atomic mass is 10.2. The molecule has 1 fully saturated rings. The Morgan fingerprint density at radius 2 is 2.00 bits per heavy atom. The second-order valence-corrected chi connectivity index (χ2v) is 7.30. The zero-order chi connectivity index (χ0) is 18.0. The fourth-order valence-corrected chi connectivity index (χ4v) is 3.32. The van der Waals surface area contributed by atoms with Crippen LogP contribution in [0.1, 0.15) is 31.5 Å². The summed E-state index contributed by atoms with van der Waals surface area (Å²) in [6.45, 7) is 1.85. The number of anilines is 1. The number of ether oxygens (including phenoxy) is 2. The van der Waals surface area contributed by atoms with Crippen molar-refractivity contribution in [2.24, 2.45) is 7.05 Å². The molecule has 1 N–H and O–H groups in total. The number of benzene rings is 1. The predicted molar refractivity (Wildman–Crippen MR) is 96.5 cm³/mol. The van der Waals surface area contributed by atoms with Crippen LogP contribution in [0.2, 0.25) is 0 Å². The maximum absolute atomic E-state index is 12.5. The largest absolute Gasteiger partial charge is 0.493 e. The maximum Gasteiger partial charge on any atom is 0.237 e. The van der Waals surface area contributed by atoms with E-state index in [1.54, 1.807) is 32.4 Å². The second kappa shape index (κ2) is 7.35. The lowest BCUT2D eigenvalue weighted by molar-refractivity contribution is -0.115. The van der Waals surface area contributed by atoms with Crippen molar-refractivity contribution >= 4 is 23.4 Å². The molecule has 1 aliphatic rings. The summed E-state index contributed by atoms with van der Waals surface area (Å²) in [5.41, 5.74) is 0.659. The summed E-state index contributed by atoms with van der Waals surface area (Å²) in [5.74, 6) is 2.63. The average molecular weight is 362 g/mol. The Morgan fingerprint density at radius 3 is 2.64 bits per heavy atom. The molecule has 2 aromatic rings. The van der Waals surface area contributed by atoms with Crippen molar-refractivity contribution in [3.05, 3.63) is 24.0 Å². The number of methoxy groups -OCH3 is 2. The summed E-state index contributed by atoms with van der Waals surface area (Å²) in [5, 5.41) is 11.8. The third-order valence-corrected chi connectivity index (χ3v) is 5.25. The monoisotopic (exact) mass is 362 g/mol. The summed E-state index contributed by atoms with van der Waals surface area (Å²) < 4.78 is 12.4. The fourth-order valence-electron chi connectivity index (χ4n) is 2.50. The summed E-state index contributed by atoms with van der Waals surface area (Å²) in [7, 11) is 5.09. The standard InChI is InChI=1S/C17H22N4O3S/c1-10(25-17-20-19-15(21(17)2)11-5-6-11)16(22)18-12-7-8-13(23-3)14(9-12)24-4/h7-11H,5-6H2,1-4H3,(H,18,22)/t10-/m0/s1. The van der Waals surface area contributed by atoms with Crippen LogP contribution in [-0.2, 0) is 11.8 Å². The molecule has 1 heterocycles. The Bertz CT molecular complexity index is 773. The zero-order valence-corrected chi connectivity index (χ0v) is 15.6. The molecule has 1 aromatic carbocycles. The van der Waals surface area contributed by atoms with Crippen LogP contribution in [0.5, 0.6) is 11.5 Å². The average Bonchev–Trinajstić information content (AvgIpc) is 3.39. The molecule has 0 bridgehead atoms. The summed E-state index contributed by atoms with van der Waals surface area (Å²) >= 11 is 1.40. The van der Waals surface area contributed by atoms with E-state index in [1.165, 1.54) is 24.6 Å². The Kier molecular flexibility index (Phi) is 5.17. The van der Waals surface area contributed by atoms with Crippen LogP contribution in [0.15, 0.2) is 23.4 Å². The minimum atomic E-state index is -0.303. The van der Waals surface area contributed by atoms with Crippen LogP contribution in [-0.4, -0.2) is 40.1 Å². The number of aromatic nitrogens is 3. The number of rotatable bonds is 7. The molecule has 0 radical (unpaired) electrons. The molecule has 3 rings (SSSR count). The van der Waals surface area contributed by atoms with Crippen LogP contribution >= 0.6 is 11.8 Å². The van der Waals surface area contributed by atoms with Crippen molar-refractivity contribution in [2.75, 3.05) is 19.5 Å². The van der Waals surface area contributed by atoms with Gasteiger partial charge in [-0.05, 0) is 31.9 Å². The molecule has 1 amide bonds. The SMILES string of the molecule is COc1ccc(NC(=O)[C@H](C)Sc2nnc(C3CC3)n2C)cc1OC.